The van der Waals surface area contributed by atoms with Gasteiger partial charge in [-0.3, -0.25) is 4.90 Å². The van der Waals surface area contributed by atoms with Crippen LogP contribution in [0.5, 0.6) is 0 Å². The minimum Gasteiger partial charge on any atom is -0.376 e. The van der Waals surface area contributed by atoms with Crippen LogP contribution in [0.25, 0.3) is 0 Å². The second-order valence-electron chi connectivity index (χ2n) is 8.09. The van der Waals surface area contributed by atoms with Crippen LogP contribution in [0.2, 0.25) is 0 Å². The number of benzene rings is 2. The highest BCUT2D eigenvalue weighted by molar-refractivity contribution is 5.32. The lowest BCUT2D eigenvalue weighted by Gasteiger charge is -2.35. The van der Waals surface area contributed by atoms with Gasteiger partial charge in [0.2, 0.25) is 0 Å². The standard InChI is InChI=1S/C24H28N2O/c25-15-20-4-3-5-21(12-20)17-27-18-22-13-24(14-22)23-8-6-19(7-9-23)16-26-10-1-2-11-26/h3-9,12,22,24H,1-2,10-11,13-14,16-18H2. The van der Waals surface area contributed by atoms with Crippen molar-refractivity contribution in [3.63, 3.8) is 0 Å². The molecule has 1 aliphatic heterocycles. The van der Waals surface area contributed by atoms with Gasteiger partial charge in [-0.1, -0.05) is 36.4 Å². The van der Waals surface area contributed by atoms with E-state index in [9.17, 15) is 0 Å². The molecular formula is C24H28N2O. The molecule has 1 saturated heterocycles. The van der Waals surface area contributed by atoms with E-state index in [4.69, 9.17) is 10.00 Å². The van der Waals surface area contributed by atoms with Gasteiger partial charge in [0.1, 0.15) is 0 Å². The molecule has 0 amide bonds. The number of nitrogens with zero attached hydrogens (tertiary/aromatic N) is 2. The van der Waals surface area contributed by atoms with Gasteiger partial charge in [-0.25, -0.2) is 0 Å². The molecule has 0 bridgehead atoms. The Hall–Kier alpha value is -2.15. The van der Waals surface area contributed by atoms with Crippen molar-refractivity contribution in [1.82, 2.24) is 4.90 Å². The van der Waals surface area contributed by atoms with Crippen LogP contribution in [0.1, 0.15) is 53.9 Å². The first-order valence-corrected chi connectivity index (χ1v) is 10.2. The first-order chi connectivity index (χ1) is 13.3. The van der Waals surface area contributed by atoms with Gasteiger partial charge in [0.15, 0.2) is 0 Å². The molecule has 0 radical (unpaired) electrons. The van der Waals surface area contributed by atoms with E-state index in [1.165, 1.54) is 49.9 Å². The molecule has 0 atom stereocenters. The van der Waals surface area contributed by atoms with E-state index in [2.05, 4.69) is 35.2 Å². The van der Waals surface area contributed by atoms with E-state index in [0.717, 1.165) is 18.7 Å². The summed E-state index contributed by atoms with van der Waals surface area (Å²) >= 11 is 0. The maximum atomic E-state index is 8.96. The highest BCUT2D eigenvalue weighted by atomic mass is 16.5. The van der Waals surface area contributed by atoms with Crippen LogP contribution in [0.15, 0.2) is 48.5 Å². The number of likely N-dealkylation sites (tertiary alicyclic amines) is 1. The minimum atomic E-state index is 0.599. The Kier molecular flexibility index (Phi) is 5.87. The van der Waals surface area contributed by atoms with Crippen LogP contribution in [0.3, 0.4) is 0 Å². The largest absolute Gasteiger partial charge is 0.376 e. The number of ether oxygens (including phenoxy) is 1. The summed E-state index contributed by atoms with van der Waals surface area (Å²) in [6.07, 6.45) is 5.16. The molecule has 27 heavy (non-hydrogen) atoms. The van der Waals surface area contributed by atoms with Crippen LogP contribution in [-0.4, -0.2) is 24.6 Å². The minimum absolute atomic E-state index is 0.599. The van der Waals surface area contributed by atoms with Crippen LogP contribution in [-0.2, 0) is 17.9 Å². The molecule has 1 heterocycles. The van der Waals surface area contributed by atoms with Gasteiger partial charge in [0.05, 0.1) is 18.2 Å². The van der Waals surface area contributed by atoms with Gasteiger partial charge in [0.25, 0.3) is 0 Å². The molecule has 3 nitrogen and oxygen atoms in total. The Morgan fingerprint density at radius 2 is 1.78 bits per heavy atom. The molecule has 0 N–H and O–H groups in total. The third kappa shape index (κ3) is 4.77. The number of hydrogen-bond donors (Lipinski definition) is 0. The Labute approximate surface area is 162 Å². The lowest BCUT2D eigenvalue weighted by atomic mass is 9.72. The van der Waals surface area contributed by atoms with Crippen molar-refractivity contribution in [3.8, 4) is 6.07 Å². The smallest absolute Gasteiger partial charge is 0.0991 e. The Morgan fingerprint density at radius 1 is 1.00 bits per heavy atom. The van der Waals surface area contributed by atoms with Crippen LogP contribution >= 0.6 is 0 Å². The second kappa shape index (κ2) is 8.69. The quantitative estimate of drug-likeness (QED) is 0.707. The van der Waals surface area contributed by atoms with Crippen molar-refractivity contribution in [2.45, 2.75) is 44.8 Å². The average Bonchev–Trinajstić information content (AvgIpc) is 3.18. The fraction of sp³-hybridized carbons (Fsp3) is 0.458. The van der Waals surface area contributed by atoms with Crippen molar-refractivity contribution in [3.05, 3.63) is 70.8 Å². The summed E-state index contributed by atoms with van der Waals surface area (Å²) in [5.41, 5.74) is 4.71. The van der Waals surface area contributed by atoms with Crippen molar-refractivity contribution in [2.24, 2.45) is 5.92 Å². The monoisotopic (exact) mass is 360 g/mol. The lowest BCUT2D eigenvalue weighted by Crippen LogP contribution is -2.26. The van der Waals surface area contributed by atoms with Gasteiger partial charge >= 0.3 is 0 Å². The molecule has 0 spiro atoms. The third-order valence-electron chi connectivity index (χ3n) is 5.97. The van der Waals surface area contributed by atoms with E-state index in [1.807, 2.05) is 24.3 Å². The van der Waals surface area contributed by atoms with Gasteiger partial charge in [-0.2, -0.15) is 5.26 Å². The zero-order valence-corrected chi connectivity index (χ0v) is 15.9. The molecule has 3 heteroatoms. The van der Waals surface area contributed by atoms with Crippen molar-refractivity contribution in [2.75, 3.05) is 19.7 Å². The summed E-state index contributed by atoms with van der Waals surface area (Å²) in [6, 6.07) is 19.2. The Morgan fingerprint density at radius 3 is 2.52 bits per heavy atom. The second-order valence-corrected chi connectivity index (χ2v) is 8.09. The summed E-state index contributed by atoms with van der Waals surface area (Å²) in [6.45, 7) is 5.04. The molecule has 2 aromatic carbocycles. The lowest BCUT2D eigenvalue weighted by molar-refractivity contribution is 0.0508. The highest BCUT2D eigenvalue weighted by Crippen LogP contribution is 2.41. The van der Waals surface area contributed by atoms with E-state index in [-0.39, 0.29) is 0 Å². The maximum Gasteiger partial charge on any atom is 0.0991 e. The number of hydrogen-bond acceptors (Lipinski definition) is 3. The Bertz CT molecular complexity index is 781. The number of rotatable bonds is 7. The van der Waals surface area contributed by atoms with Crippen LogP contribution in [0, 0.1) is 17.2 Å². The molecule has 140 valence electrons. The van der Waals surface area contributed by atoms with E-state index < -0.39 is 0 Å². The molecular weight excluding hydrogens is 332 g/mol. The molecule has 0 unspecified atom stereocenters. The first kappa shape index (κ1) is 18.2. The van der Waals surface area contributed by atoms with Crippen LogP contribution in [0.4, 0.5) is 0 Å². The molecule has 0 aromatic heterocycles. The van der Waals surface area contributed by atoms with Gasteiger partial charge < -0.3 is 4.74 Å². The predicted molar refractivity (Wildman–Crippen MR) is 107 cm³/mol. The van der Waals surface area contributed by atoms with Gasteiger partial charge in [-0.05, 0) is 79.4 Å². The topological polar surface area (TPSA) is 36.3 Å². The molecule has 4 rings (SSSR count). The third-order valence-corrected chi connectivity index (χ3v) is 5.97. The molecule has 2 aliphatic rings. The summed E-state index contributed by atoms with van der Waals surface area (Å²) in [5, 5.41) is 8.96. The molecule has 1 aliphatic carbocycles. The van der Waals surface area contributed by atoms with E-state index in [0.29, 0.717) is 24.0 Å². The van der Waals surface area contributed by atoms with Gasteiger partial charge in [-0.15, -0.1) is 0 Å². The molecule has 2 aromatic rings. The maximum absolute atomic E-state index is 8.96. The molecule has 2 fully saturated rings. The highest BCUT2D eigenvalue weighted by Gasteiger charge is 2.30. The zero-order chi connectivity index (χ0) is 18.5. The zero-order valence-electron chi connectivity index (χ0n) is 15.9. The van der Waals surface area contributed by atoms with Crippen molar-refractivity contribution < 1.29 is 4.74 Å². The van der Waals surface area contributed by atoms with Gasteiger partial charge in [0, 0.05) is 13.2 Å². The Balaban J connectivity index is 1.18. The summed E-state index contributed by atoms with van der Waals surface area (Å²) in [4.78, 5) is 2.55. The summed E-state index contributed by atoms with van der Waals surface area (Å²) in [5.74, 6) is 1.36. The van der Waals surface area contributed by atoms with Crippen molar-refractivity contribution >= 4 is 0 Å². The summed E-state index contributed by atoms with van der Waals surface area (Å²) < 4.78 is 5.89. The predicted octanol–water partition coefficient (Wildman–Crippen LogP) is 4.86. The van der Waals surface area contributed by atoms with E-state index >= 15 is 0 Å². The summed E-state index contributed by atoms with van der Waals surface area (Å²) in [7, 11) is 0. The fourth-order valence-electron chi connectivity index (χ4n) is 4.31. The number of nitriles is 1. The van der Waals surface area contributed by atoms with Crippen LogP contribution < -0.4 is 0 Å². The fourth-order valence-corrected chi connectivity index (χ4v) is 4.31. The average molecular weight is 361 g/mol. The SMILES string of the molecule is N#Cc1cccc(COCC2CC(c3ccc(CN4CCCC4)cc3)C2)c1. The normalized spacial score (nSPS) is 22.3. The van der Waals surface area contributed by atoms with E-state index in [1.54, 1.807) is 0 Å². The van der Waals surface area contributed by atoms with Crippen molar-refractivity contribution in [1.29, 1.82) is 5.26 Å². The first-order valence-electron chi connectivity index (χ1n) is 10.2. The molecule has 1 saturated carbocycles.